The number of hydrogen-bond donors (Lipinski definition) is 3. The number of carboxylic acid groups (broad SMARTS) is 1. The van der Waals surface area contributed by atoms with Gasteiger partial charge in [-0.15, -0.1) is 0 Å². The Morgan fingerprint density at radius 3 is 2.79 bits per heavy atom. The maximum atomic E-state index is 12.1. The van der Waals surface area contributed by atoms with Crippen LogP contribution in [0.15, 0.2) is 24.3 Å². The summed E-state index contributed by atoms with van der Waals surface area (Å²) in [6.07, 6.45) is 1.67. The molecule has 1 heterocycles. The number of nitrogens with zero attached hydrogens (tertiary/aromatic N) is 1. The molecule has 0 bridgehead atoms. The molecule has 3 N–H and O–H groups in total. The van der Waals surface area contributed by atoms with Crippen LogP contribution in [-0.4, -0.2) is 60.1 Å². The van der Waals surface area contributed by atoms with Crippen LogP contribution in [0.3, 0.4) is 0 Å². The summed E-state index contributed by atoms with van der Waals surface area (Å²) >= 11 is 0. The molecular weight excluding hydrogens is 306 g/mol. The zero-order valence-electron chi connectivity index (χ0n) is 14.5. The fourth-order valence-corrected chi connectivity index (χ4v) is 3.11. The highest BCUT2D eigenvalue weighted by Gasteiger charge is 2.34. The van der Waals surface area contributed by atoms with Gasteiger partial charge < -0.3 is 15.7 Å². The van der Waals surface area contributed by atoms with E-state index in [1.54, 1.807) is 0 Å². The van der Waals surface area contributed by atoms with Gasteiger partial charge in [0.2, 0.25) is 5.91 Å². The molecule has 0 radical (unpaired) electrons. The largest absolute Gasteiger partial charge is 0.480 e. The Labute approximate surface area is 143 Å². The van der Waals surface area contributed by atoms with Crippen molar-refractivity contribution >= 4 is 11.9 Å². The molecule has 1 amide bonds. The summed E-state index contributed by atoms with van der Waals surface area (Å²) < 4.78 is 0. The van der Waals surface area contributed by atoms with Gasteiger partial charge in [-0.25, -0.2) is 0 Å². The molecule has 6 nitrogen and oxygen atoms in total. The van der Waals surface area contributed by atoms with Gasteiger partial charge in [0.25, 0.3) is 0 Å². The van der Waals surface area contributed by atoms with Crippen molar-refractivity contribution in [3.63, 3.8) is 0 Å². The van der Waals surface area contributed by atoms with Crippen molar-refractivity contribution in [2.45, 2.75) is 32.2 Å². The van der Waals surface area contributed by atoms with E-state index in [1.165, 1.54) is 11.1 Å². The minimum atomic E-state index is -0.858. The predicted molar refractivity (Wildman–Crippen MR) is 93.0 cm³/mol. The highest BCUT2D eigenvalue weighted by Crippen LogP contribution is 2.20. The molecule has 2 rings (SSSR count). The zero-order chi connectivity index (χ0) is 17.6. The van der Waals surface area contributed by atoms with E-state index in [2.05, 4.69) is 34.6 Å². The SMILES string of the molecule is Cc1ccccc1CCNC(=O)CN1CC[C@@](C)(NCC(=O)O)C1. The zero-order valence-corrected chi connectivity index (χ0v) is 14.5. The van der Waals surface area contributed by atoms with Crippen molar-refractivity contribution in [3.8, 4) is 0 Å². The van der Waals surface area contributed by atoms with Gasteiger partial charge >= 0.3 is 5.97 Å². The van der Waals surface area contributed by atoms with Gasteiger partial charge in [0, 0.05) is 25.2 Å². The average molecular weight is 333 g/mol. The molecule has 0 saturated carbocycles. The highest BCUT2D eigenvalue weighted by molar-refractivity contribution is 5.78. The lowest BCUT2D eigenvalue weighted by atomic mass is 10.0. The van der Waals surface area contributed by atoms with Crippen molar-refractivity contribution in [3.05, 3.63) is 35.4 Å². The minimum Gasteiger partial charge on any atom is -0.480 e. The molecule has 1 aromatic carbocycles. The lowest BCUT2D eigenvalue weighted by Crippen LogP contribution is -2.47. The number of aryl methyl sites for hydroxylation is 1. The number of nitrogens with one attached hydrogen (secondary N) is 2. The Balaban J connectivity index is 1.70. The molecule has 0 aliphatic carbocycles. The molecular formula is C18H27N3O3. The number of carbonyl (C=O) groups excluding carboxylic acids is 1. The standard InChI is InChI=1S/C18H27N3O3/c1-14-5-3-4-6-15(14)7-9-19-16(22)12-21-10-8-18(2,13-21)20-11-17(23)24/h3-6,20H,7-13H2,1-2H3,(H,19,22)(H,23,24)/t18-/m1/s1. The Kier molecular flexibility index (Phi) is 6.34. The topological polar surface area (TPSA) is 81.7 Å². The summed E-state index contributed by atoms with van der Waals surface area (Å²) in [5.41, 5.74) is 2.26. The van der Waals surface area contributed by atoms with E-state index in [4.69, 9.17) is 5.11 Å². The number of carboxylic acids is 1. The maximum Gasteiger partial charge on any atom is 0.317 e. The molecule has 1 aliphatic rings. The van der Waals surface area contributed by atoms with Gasteiger partial charge in [0.1, 0.15) is 0 Å². The molecule has 1 fully saturated rings. The van der Waals surface area contributed by atoms with Gasteiger partial charge in [0.15, 0.2) is 0 Å². The van der Waals surface area contributed by atoms with Crippen LogP contribution in [0.5, 0.6) is 0 Å². The second-order valence-electron chi connectivity index (χ2n) is 6.80. The second kappa shape index (κ2) is 8.26. The van der Waals surface area contributed by atoms with Crippen LogP contribution in [0.2, 0.25) is 0 Å². The molecule has 0 aromatic heterocycles. The highest BCUT2D eigenvalue weighted by atomic mass is 16.4. The lowest BCUT2D eigenvalue weighted by Gasteiger charge is -2.25. The van der Waals surface area contributed by atoms with Crippen molar-refractivity contribution in [1.82, 2.24) is 15.5 Å². The molecule has 0 spiro atoms. The normalized spacial score (nSPS) is 20.9. The van der Waals surface area contributed by atoms with Crippen molar-refractivity contribution in [2.24, 2.45) is 0 Å². The third-order valence-electron chi connectivity index (χ3n) is 4.56. The van der Waals surface area contributed by atoms with E-state index in [-0.39, 0.29) is 18.0 Å². The molecule has 132 valence electrons. The number of likely N-dealkylation sites (tertiary alicyclic amines) is 1. The van der Waals surface area contributed by atoms with Crippen LogP contribution in [0.25, 0.3) is 0 Å². The van der Waals surface area contributed by atoms with E-state index < -0.39 is 5.97 Å². The Bertz CT molecular complexity index is 591. The Hall–Kier alpha value is -1.92. The first-order chi connectivity index (χ1) is 11.4. The predicted octanol–water partition coefficient (Wildman–Crippen LogP) is 0.792. The lowest BCUT2D eigenvalue weighted by molar-refractivity contribution is -0.136. The number of aliphatic carboxylic acids is 1. The van der Waals surface area contributed by atoms with Crippen molar-refractivity contribution in [1.29, 1.82) is 0 Å². The van der Waals surface area contributed by atoms with E-state index in [1.807, 2.05) is 19.1 Å². The van der Waals surface area contributed by atoms with Crippen molar-refractivity contribution < 1.29 is 14.7 Å². The van der Waals surface area contributed by atoms with E-state index >= 15 is 0 Å². The molecule has 1 saturated heterocycles. The molecule has 6 heteroatoms. The van der Waals surface area contributed by atoms with Crippen molar-refractivity contribution in [2.75, 3.05) is 32.7 Å². The summed E-state index contributed by atoms with van der Waals surface area (Å²) in [6, 6.07) is 8.19. The number of rotatable bonds is 8. The quantitative estimate of drug-likeness (QED) is 0.655. The van der Waals surface area contributed by atoms with Crippen LogP contribution in [0, 0.1) is 6.92 Å². The Morgan fingerprint density at radius 2 is 2.08 bits per heavy atom. The van der Waals surface area contributed by atoms with E-state index in [0.717, 1.165) is 19.4 Å². The van der Waals surface area contributed by atoms with Crippen LogP contribution in [-0.2, 0) is 16.0 Å². The fourth-order valence-electron chi connectivity index (χ4n) is 3.11. The average Bonchev–Trinajstić information content (AvgIpc) is 2.89. The summed E-state index contributed by atoms with van der Waals surface area (Å²) in [5.74, 6) is -0.838. The minimum absolute atomic E-state index is 0.0195. The summed E-state index contributed by atoms with van der Waals surface area (Å²) in [7, 11) is 0. The fraction of sp³-hybridized carbons (Fsp3) is 0.556. The molecule has 1 aromatic rings. The van der Waals surface area contributed by atoms with Gasteiger partial charge in [-0.2, -0.15) is 0 Å². The van der Waals surface area contributed by atoms with E-state index in [0.29, 0.717) is 19.6 Å². The maximum absolute atomic E-state index is 12.1. The monoisotopic (exact) mass is 333 g/mol. The van der Waals surface area contributed by atoms with Crippen LogP contribution < -0.4 is 10.6 Å². The van der Waals surface area contributed by atoms with Crippen LogP contribution >= 0.6 is 0 Å². The first-order valence-electron chi connectivity index (χ1n) is 8.38. The summed E-state index contributed by atoms with van der Waals surface area (Å²) in [6.45, 7) is 6.51. The molecule has 1 aliphatic heterocycles. The number of carbonyl (C=O) groups is 2. The first-order valence-corrected chi connectivity index (χ1v) is 8.38. The van der Waals surface area contributed by atoms with E-state index in [9.17, 15) is 9.59 Å². The molecule has 1 atom stereocenters. The van der Waals surface area contributed by atoms with Gasteiger partial charge in [-0.05, 0) is 37.8 Å². The third-order valence-corrected chi connectivity index (χ3v) is 4.56. The van der Waals surface area contributed by atoms with Crippen LogP contribution in [0.1, 0.15) is 24.5 Å². The smallest absolute Gasteiger partial charge is 0.317 e. The first kappa shape index (κ1) is 18.4. The number of benzene rings is 1. The van der Waals surface area contributed by atoms with Crippen LogP contribution in [0.4, 0.5) is 0 Å². The van der Waals surface area contributed by atoms with Gasteiger partial charge in [-0.3, -0.25) is 14.5 Å². The molecule has 0 unspecified atom stereocenters. The third kappa shape index (κ3) is 5.62. The second-order valence-corrected chi connectivity index (χ2v) is 6.80. The summed E-state index contributed by atoms with van der Waals surface area (Å²) in [5, 5.41) is 14.8. The van der Waals surface area contributed by atoms with Gasteiger partial charge in [-0.1, -0.05) is 24.3 Å². The number of amides is 1. The molecule has 24 heavy (non-hydrogen) atoms. The Morgan fingerprint density at radius 1 is 1.33 bits per heavy atom. The van der Waals surface area contributed by atoms with Gasteiger partial charge in [0.05, 0.1) is 13.1 Å². The summed E-state index contributed by atoms with van der Waals surface area (Å²) in [4.78, 5) is 24.8. The number of hydrogen-bond acceptors (Lipinski definition) is 4.